The van der Waals surface area contributed by atoms with Crippen LogP contribution in [0.3, 0.4) is 0 Å². The number of hydrogen-bond donors (Lipinski definition) is 1. The number of benzene rings is 2. The molecule has 33 heavy (non-hydrogen) atoms. The van der Waals surface area contributed by atoms with Crippen LogP contribution in [0.4, 0.5) is 5.69 Å². The number of carbonyl (C=O) groups excluding carboxylic acids is 1. The summed E-state index contributed by atoms with van der Waals surface area (Å²) in [5.74, 6) is 0.904. The lowest BCUT2D eigenvalue weighted by Crippen LogP contribution is -2.19. The Balaban J connectivity index is 1.77. The van der Waals surface area contributed by atoms with Gasteiger partial charge in [-0.25, -0.2) is 4.52 Å². The number of hydrogen-bond acceptors (Lipinski definition) is 7. The maximum Gasteiger partial charge on any atom is 0.278 e. The lowest BCUT2D eigenvalue weighted by molar-refractivity contribution is 0.101. The molecule has 0 saturated heterocycles. The highest BCUT2D eigenvalue weighted by atomic mass is 16.5. The number of methoxy groups -OCH3 is 3. The van der Waals surface area contributed by atoms with Crippen LogP contribution in [0.2, 0.25) is 0 Å². The Morgan fingerprint density at radius 3 is 2.42 bits per heavy atom. The lowest BCUT2D eigenvalue weighted by atomic mass is 10.1. The van der Waals surface area contributed by atoms with Crippen molar-refractivity contribution in [3.05, 3.63) is 65.1 Å². The molecule has 0 unspecified atom stereocenters. The van der Waals surface area contributed by atoms with Gasteiger partial charge in [-0.15, -0.1) is 10.2 Å². The molecule has 0 radical (unpaired) electrons. The Bertz CT molecular complexity index is 1310. The molecule has 0 fully saturated rings. The van der Waals surface area contributed by atoms with Crippen molar-refractivity contribution in [2.24, 2.45) is 0 Å². The Labute approximate surface area is 191 Å². The molecule has 9 heteroatoms. The molecule has 0 aliphatic carbocycles. The SMILES string of the molecule is COCc1nn2c(C)c(C(=O)Nc3cc(C)ccc3OC)nnc2c1-c1ccc(OC)cc1. The van der Waals surface area contributed by atoms with Crippen molar-refractivity contribution < 1.29 is 19.0 Å². The highest BCUT2D eigenvalue weighted by molar-refractivity contribution is 6.04. The van der Waals surface area contributed by atoms with Crippen LogP contribution < -0.4 is 14.8 Å². The molecule has 170 valence electrons. The van der Waals surface area contributed by atoms with E-state index in [1.54, 1.807) is 38.8 Å². The van der Waals surface area contributed by atoms with Crippen molar-refractivity contribution in [1.29, 1.82) is 0 Å². The summed E-state index contributed by atoms with van der Waals surface area (Å²) in [4.78, 5) is 13.1. The topological polar surface area (TPSA) is 99.9 Å². The van der Waals surface area contributed by atoms with Crippen LogP contribution in [0.1, 0.15) is 27.4 Å². The second-order valence-corrected chi connectivity index (χ2v) is 7.51. The van der Waals surface area contributed by atoms with Gasteiger partial charge in [-0.3, -0.25) is 4.79 Å². The zero-order valence-corrected chi connectivity index (χ0v) is 19.2. The average molecular weight is 447 g/mol. The van der Waals surface area contributed by atoms with Gasteiger partial charge in [0.25, 0.3) is 5.91 Å². The molecule has 1 amide bonds. The van der Waals surface area contributed by atoms with E-state index in [4.69, 9.17) is 14.2 Å². The zero-order chi connectivity index (χ0) is 23.5. The molecule has 0 aliphatic heterocycles. The second-order valence-electron chi connectivity index (χ2n) is 7.51. The molecule has 0 atom stereocenters. The number of aryl methyl sites for hydroxylation is 2. The number of rotatable bonds is 7. The summed E-state index contributed by atoms with van der Waals surface area (Å²) >= 11 is 0. The number of carbonyl (C=O) groups is 1. The molecule has 2 heterocycles. The molecule has 9 nitrogen and oxygen atoms in total. The molecule has 0 saturated carbocycles. The van der Waals surface area contributed by atoms with E-state index in [2.05, 4.69) is 20.6 Å². The maximum atomic E-state index is 13.1. The van der Waals surface area contributed by atoms with Crippen molar-refractivity contribution in [3.8, 4) is 22.6 Å². The molecule has 4 aromatic rings. The molecular weight excluding hydrogens is 422 g/mol. The summed E-state index contributed by atoms with van der Waals surface area (Å²) in [6, 6.07) is 13.1. The fraction of sp³-hybridized carbons (Fsp3) is 0.250. The highest BCUT2D eigenvalue weighted by Crippen LogP contribution is 2.31. The normalized spacial score (nSPS) is 10.9. The third-order valence-corrected chi connectivity index (χ3v) is 5.32. The zero-order valence-electron chi connectivity index (χ0n) is 19.2. The second kappa shape index (κ2) is 9.25. The number of amides is 1. The average Bonchev–Trinajstić information content (AvgIpc) is 3.18. The Kier molecular flexibility index (Phi) is 6.23. The smallest absolute Gasteiger partial charge is 0.278 e. The summed E-state index contributed by atoms with van der Waals surface area (Å²) in [7, 11) is 4.78. The van der Waals surface area contributed by atoms with Crippen LogP contribution in [-0.2, 0) is 11.3 Å². The van der Waals surface area contributed by atoms with E-state index in [1.165, 1.54) is 0 Å². The van der Waals surface area contributed by atoms with Crippen LogP contribution in [0.15, 0.2) is 42.5 Å². The number of nitrogens with one attached hydrogen (secondary N) is 1. The number of fused-ring (bicyclic) bond motifs is 1. The molecule has 1 N–H and O–H groups in total. The fourth-order valence-corrected chi connectivity index (χ4v) is 3.65. The van der Waals surface area contributed by atoms with Crippen molar-refractivity contribution in [1.82, 2.24) is 19.8 Å². The predicted molar refractivity (Wildman–Crippen MR) is 124 cm³/mol. The molecular formula is C24H25N5O4. The highest BCUT2D eigenvalue weighted by Gasteiger charge is 2.22. The van der Waals surface area contributed by atoms with Gasteiger partial charge < -0.3 is 19.5 Å². The summed E-state index contributed by atoms with van der Waals surface area (Å²) in [6.07, 6.45) is 0. The van der Waals surface area contributed by atoms with Crippen LogP contribution in [0, 0.1) is 13.8 Å². The number of nitrogens with zero attached hydrogens (tertiary/aromatic N) is 4. The van der Waals surface area contributed by atoms with E-state index in [0.29, 0.717) is 28.5 Å². The number of ether oxygens (including phenoxy) is 3. The first kappa shape index (κ1) is 22.2. The Hall–Kier alpha value is -3.98. The van der Waals surface area contributed by atoms with E-state index < -0.39 is 5.91 Å². The quantitative estimate of drug-likeness (QED) is 0.460. The minimum atomic E-state index is -0.402. The monoisotopic (exact) mass is 447 g/mol. The van der Waals surface area contributed by atoms with Crippen molar-refractivity contribution in [2.75, 3.05) is 26.6 Å². The third kappa shape index (κ3) is 4.22. The standard InChI is InChI=1S/C24H25N5O4/c1-14-6-11-20(33-5)18(12-14)25-24(30)22-15(2)29-23(27-26-22)21(19(28-29)13-31-3)16-7-9-17(32-4)10-8-16/h6-12H,13H2,1-5H3,(H,25,30). The van der Waals surface area contributed by atoms with Crippen LogP contribution in [-0.4, -0.2) is 47.0 Å². The van der Waals surface area contributed by atoms with E-state index >= 15 is 0 Å². The van der Waals surface area contributed by atoms with E-state index in [1.807, 2.05) is 43.3 Å². The minimum Gasteiger partial charge on any atom is -0.497 e. The predicted octanol–water partition coefficient (Wildman–Crippen LogP) is 3.82. The van der Waals surface area contributed by atoms with Gasteiger partial charge in [0.05, 0.1) is 43.5 Å². The molecule has 4 rings (SSSR count). The summed E-state index contributed by atoms with van der Waals surface area (Å²) < 4.78 is 17.6. The molecule has 2 aromatic heterocycles. The van der Waals surface area contributed by atoms with Crippen LogP contribution in [0.5, 0.6) is 11.5 Å². The third-order valence-electron chi connectivity index (χ3n) is 5.32. The fourth-order valence-electron chi connectivity index (χ4n) is 3.65. The van der Waals surface area contributed by atoms with Crippen LogP contribution in [0.25, 0.3) is 16.8 Å². The first-order valence-electron chi connectivity index (χ1n) is 10.3. The van der Waals surface area contributed by atoms with Gasteiger partial charge in [-0.2, -0.15) is 5.10 Å². The number of aromatic nitrogens is 4. The van der Waals surface area contributed by atoms with Gasteiger partial charge in [-0.05, 0) is 49.2 Å². The van der Waals surface area contributed by atoms with E-state index in [0.717, 1.165) is 22.4 Å². The first-order valence-corrected chi connectivity index (χ1v) is 10.3. The Morgan fingerprint density at radius 2 is 1.76 bits per heavy atom. The summed E-state index contributed by atoms with van der Waals surface area (Å²) in [5.41, 5.74) is 5.19. The van der Waals surface area contributed by atoms with Gasteiger partial charge in [-0.1, -0.05) is 18.2 Å². The van der Waals surface area contributed by atoms with Gasteiger partial charge in [0, 0.05) is 7.11 Å². The van der Waals surface area contributed by atoms with E-state index in [-0.39, 0.29) is 12.3 Å². The molecule has 2 aromatic carbocycles. The van der Waals surface area contributed by atoms with Gasteiger partial charge in [0.2, 0.25) is 0 Å². The van der Waals surface area contributed by atoms with Crippen molar-refractivity contribution in [3.63, 3.8) is 0 Å². The summed E-state index contributed by atoms with van der Waals surface area (Å²) in [6.45, 7) is 4.01. The molecule has 0 spiro atoms. The van der Waals surface area contributed by atoms with Crippen molar-refractivity contribution >= 4 is 17.2 Å². The molecule has 0 bridgehead atoms. The van der Waals surface area contributed by atoms with Gasteiger partial charge in [0.1, 0.15) is 11.5 Å². The first-order chi connectivity index (χ1) is 16.0. The van der Waals surface area contributed by atoms with Crippen molar-refractivity contribution in [2.45, 2.75) is 20.5 Å². The Morgan fingerprint density at radius 1 is 1.00 bits per heavy atom. The van der Waals surface area contributed by atoms with Gasteiger partial charge >= 0.3 is 0 Å². The summed E-state index contributed by atoms with van der Waals surface area (Å²) in [5, 5.41) is 16.1. The molecule has 0 aliphatic rings. The largest absolute Gasteiger partial charge is 0.497 e. The maximum absolute atomic E-state index is 13.1. The minimum absolute atomic E-state index is 0.166. The van der Waals surface area contributed by atoms with Gasteiger partial charge in [0.15, 0.2) is 11.3 Å². The van der Waals surface area contributed by atoms with Crippen LogP contribution >= 0.6 is 0 Å². The number of anilines is 1. The lowest BCUT2D eigenvalue weighted by Gasteiger charge is -2.12. The van der Waals surface area contributed by atoms with E-state index in [9.17, 15) is 4.79 Å².